The molecule has 6 rings (SSSR count). The summed E-state index contributed by atoms with van der Waals surface area (Å²) in [5.41, 5.74) is 18.3. The van der Waals surface area contributed by atoms with Crippen LogP contribution in [0.1, 0.15) is 112 Å². The van der Waals surface area contributed by atoms with Gasteiger partial charge in [0.15, 0.2) is 0 Å². The Hall–Kier alpha value is -3.42. The molecule has 0 saturated heterocycles. The summed E-state index contributed by atoms with van der Waals surface area (Å²) in [5.74, 6) is 2.39. The Morgan fingerprint density at radius 1 is 0.511 bits per heavy atom. The summed E-state index contributed by atoms with van der Waals surface area (Å²) < 4.78 is 0. The molecule has 0 spiro atoms. The maximum Gasteiger partial charge on any atom is 0.0218 e. The van der Waals surface area contributed by atoms with E-state index in [4.69, 9.17) is 0 Å². The van der Waals surface area contributed by atoms with Crippen molar-refractivity contribution in [2.75, 3.05) is 0 Å². The van der Waals surface area contributed by atoms with Gasteiger partial charge in [-0.1, -0.05) is 175 Å². The van der Waals surface area contributed by atoms with Crippen LogP contribution in [0.4, 0.5) is 0 Å². The average molecular weight is 637 g/mol. The van der Waals surface area contributed by atoms with Crippen LogP contribution in [0.15, 0.2) is 96.1 Å². The Morgan fingerprint density at radius 2 is 0.915 bits per heavy atom. The minimum absolute atomic E-state index is 0.333. The van der Waals surface area contributed by atoms with E-state index in [2.05, 4.69) is 139 Å². The highest BCUT2D eigenvalue weighted by molar-refractivity contribution is 6.36. The van der Waals surface area contributed by atoms with E-state index in [1.807, 2.05) is 0 Å². The molecule has 2 aliphatic carbocycles. The second kappa shape index (κ2) is 15.2. The van der Waals surface area contributed by atoms with Crippen LogP contribution in [0, 0.1) is 11.8 Å². The zero-order chi connectivity index (χ0) is 32.9. The summed E-state index contributed by atoms with van der Waals surface area (Å²) in [5, 5.41) is 0. The first-order chi connectivity index (χ1) is 23.0. The van der Waals surface area contributed by atoms with Crippen LogP contribution in [0.5, 0.6) is 0 Å². The maximum absolute atomic E-state index is 2.62. The highest BCUT2D eigenvalue weighted by Crippen LogP contribution is 2.49. The first kappa shape index (κ1) is 33.5. The van der Waals surface area contributed by atoms with Crippen molar-refractivity contribution in [2.45, 2.75) is 104 Å². The third-order valence-corrected chi connectivity index (χ3v) is 13.4. The summed E-state index contributed by atoms with van der Waals surface area (Å²) in [6.45, 7) is 14.3. The molecule has 0 aliphatic heterocycles. The van der Waals surface area contributed by atoms with Crippen molar-refractivity contribution in [3.8, 4) is 22.3 Å². The summed E-state index contributed by atoms with van der Waals surface area (Å²) >= 11 is 0. The minimum Gasteiger partial charge on any atom is -0.0651 e. The molecule has 0 radical (unpaired) electrons. The summed E-state index contributed by atoms with van der Waals surface area (Å²) in [6.07, 6.45) is 12.3. The number of fused-ring (bicyclic) bond motifs is 2. The number of benzene rings is 4. The summed E-state index contributed by atoms with van der Waals surface area (Å²) in [4.78, 5) is 0. The third-order valence-electron chi connectivity index (χ3n) is 11.5. The monoisotopic (exact) mass is 636 g/mol. The van der Waals surface area contributed by atoms with E-state index in [0.29, 0.717) is 23.7 Å². The van der Waals surface area contributed by atoms with Crippen LogP contribution < -0.4 is 0 Å². The molecule has 244 valence electrons. The van der Waals surface area contributed by atoms with Gasteiger partial charge in [0.1, 0.15) is 0 Å². The van der Waals surface area contributed by atoms with Crippen molar-refractivity contribution in [1.82, 2.24) is 0 Å². The Balaban J connectivity index is 1.30. The largest absolute Gasteiger partial charge is 0.0651 e. The molecule has 0 aromatic heterocycles. The van der Waals surface area contributed by atoms with Gasteiger partial charge in [-0.15, -0.1) is 0 Å². The van der Waals surface area contributed by atoms with Gasteiger partial charge in [0.05, 0.1) is 0 Å². The van der Waals surface area contributed by atoms with Gasteiger partial charge in [0.25, 0.3) is 0 Å². The van der Waals surface area contributed by atoms with E-state index in [0.717, 1.165) is 12.8 Å². The fourth-order valence-electron chi connectivity index (χ4n) is 8.61. The van der Waals surface area contributed by atoms with Crippen LogP contribution in [0.2, 0.25) is 12.1 Å². The van der Waals surface area contributed by atoms with E-state index >= 15 is 0 Å². The molecule has 4 aromatic carbocycles. The lowest BCUT2D eigenvalue weighted by Crippen LogP contribution is -2.12. The highest BCUT2D eigenvalue weighted by atomic mass is 28.2. The quantitative estimate of drug-likeness (QED) is 0.121. The Labute approximate surface area is 288 Å². The third kappa shape index (κ3) is 6.66. The van der Waals surface area contributed by atoms with Gasteiger partial charge in [0.2, 0.25) is 0 Å². The normalized spacial score (nSPS) is 18.3. The molecule has 0 amide bonds. The minimum atomic E-state index is -0.333. The van der Waals surface area contributed by atoms with Gasteiger partial charge in [-0.3, -0.25) is 0 Å². The molecule has 0 bridgehead atoms. The van der Waals surface area contributed by atoms with Crippen LogP contribution in [-0.4, -0.2) is 9.52 Å². The number of aryl methyl sites for hydroxylation is 2. The number of hydrogen-bond acceptors (Lipinski definition) is 0. The van der Waals surface area contributed by atoms with Crippen LogP contribution in [-0.2, 0) is 12.8 Å². The lowest BCUT2D eigenvalue weighted by Gasteiger charge is -2.24. The van der Waals surface area contributed by atoms with E-state index in [-0.39, 0.29) is 9.52 Å². The molecular formula is C46H56Si. The smallest absolute Gasteiger partial charge is 0.0218 e. The SMILES string of the molecule is CCCc1ccccc1-c1cccc2c1C=C(C(C)CC)C2C[SiH2]CC1C(C(C)CC)=Cc2c(-c3ccccc3CCC)cccc21. The van der Waals surface area contributed by atoms with Gasteiger partial charge < -0.3 is 0 Å². The molecule has 0 nitrogen and oxygen atoms in total. The van der Waals surface area contributed by atoms with Crippen molar-refractivity contribution in [1.29, 1.82) is 0 Å². The zero-order valence-corrected chi connectivity index (χ0v) is 31.3. The van der Waals surface area contributed by atoms with Crippen molar-refractivity contribution in [3.05, 3.63) is 129 Å². The van der Waals surface area contributed by atoms with E-state index < -0.39 is 0 Å². The Bertz CT molecular complexity index is 1620. The molecule has 2 aliphatic rings. The number of hydrogen-bond donors (Lipinski definition) is 0. The average Bonchev–Trinajstić information content (AvgIpc) is 3.67. The van der Waals surface area contributed by atoms with Crippen LogP contribution in [0.25, 0.3) is 34.4 Å². The lowest BCUT2D eigenvalue weighted by molar-refractivity contribution is 0.609. The maximum atomic E-state index is 2.62. The van der Waals surface area contributed by atoms with Gasteiger partial charge in [-0.05, 0) is 93.2 Å². The van der Waals surface area contributed by atoms with Crippen molar-refractivity contribution >= 4 is 21.7 Å². The molecule has 0 saturated carbocycles. The molecule has 47 heavy (non-hydrogen) atoms. The predicted molar refractivity (Wildman–Crippen MR) is 210 cm³/mol. The Morgan fingerprint density at radius 3 is 1.32 bits per heavy atom. The zero-order valence-electron chi connectivity index (χ0n) is 29.9. The molecule has 1 heteroatoms. The molecular weight excluding hydrogens is 581 g/mol. The standard InChI is InChI=1S/C46H56Si/c1-7-17-33-19-11-13-21-35(33)37-23-15-25-39-43(37)27-41(31(5)9-3)45(39)29-47-30-46-40-26-16-24-38(44(40)28-42(46)32(6)10-4)36-22-14-12-20-34(36)18-8-2/h11-16,19-28,31-32,45-46H,7-10,17-18,29-30,47H2,1-6H3. The molecule has 4 atom stereocenters. The molecule has 0 heterocycles. The molecule has 0 fully saturated rings. The van der Waals surface area contributed by atoms with E-state index in [1.54, 1.807) is 22.3 Å². The van der Waals surface area contributed by atoms with Gasteiger partial charge in [-0.25, -0.2) is 0 Å². The summed E-state index contributed by atoms with van der Waals surface area (Å²) in [7, 11) is -0.333. The fraction of sp³-hybridized carbons (Fsp3) is 0.391. The second-order valence-electron chi connectivity index (χ2n) is 14.4. The summed E-state index contributed by atoms with van der Waals surface area (Å²) in [6, 6.07) is 35.4. The van der Waals surface area contributed by atoms with Gasteiger partial charge >= 0.3 is 0 Å². The predicted octanol–water partition coefficient (Wildman–Crippen LogP) is 12.7. The molecule has 4 aromatic rings. The molecule has 0 N–H and O–H groups in total. The van der Waals surface area contributed by atoms with Crippen molar-refractivity contribution in [2.24, 2.45) is 11.8 Å². The highest BCUT2D eigenvalue weighted by Gasteiger charge is 2.33. The first-order valence-corrected chi connectivity index (χ1v) is 20.9. The van der Waals surface area contributed by atoms with Crippen LogP contribution >= 0.6 is 0 Å². The van der Waals surface area contributed by atoms with E-state index in [9.17, 15) is 0 Å². The second-order valence-corrected chi connectivity index (χ2v) is 16.2. The number of rotatable bonds is 14. The van der Waals surface area contributed by atoms with Gasteiger partial charge in [-0.2, -0.15) is 0 Å². The molecule has 4 unspecified atom stereocenters. The topological polar surface area (TPSA) is 0 Å². The van der Waals surface area contributed by atoms with E-state index in [1.165, 1.54) is 82.3 Å². The van der Waals surface area contributed by atoms with Crippen molar-refractivity contribution < 1.29 is 0 Å². The van der Waals surface area contributed by atoms with Crippen LogP contribution in [0.3, 0.4) is 0 Å². The number of allylic oxidation sites excluding steroid dienone is 2. The lowest BCUT2D eigenvalue weighted by atomic mass is 9.87. The fourth-order valence-corrected chi connectivity index (χ4v) is 11.0. The van der Waals surface area contributed by atoms with Gasteiger partial charge in [0, 0.05) is 21.4 Å². The van der Waals surface area contributed by atoms with Crippen molar-refractivity contribution in [3.63, 3.8) is 0 Å². The Kier molecular flexibility index (Phi) is 10.8. The first-order valence-electron chi connectivity index (χ1n) is 18.9.